The molecule has 1 unspecified atom stereocenters. The van der Waals surface area contributed by atoms with Gasteiger partial charge in [-0.15, -0.1) is 0 Å². The molecule has 1 aromatic heterocycles. The molecule has 0 spiro atoms. The number of rotatable bonds is 3. The minimum Gasteiger partial charge on any atom is -0.375 e. The molecular formula is C12H18N2O. The fourth-order valence-corrected chi connectivity index (χ4v) is 2.20. The number of nitrogens with zero attached hydrogens (tertiary/aromatic N) is 2. The highest BCUT2D eigenvalue weighted by atomic mass is 16.5. The molecule has 0 aromatic carbocycles. The summed E-state index contributed by atoms with van der Waals surface area (Å²) < 4.78 is 5.40. The Hall–Kier alpha value is -0.960. The van der Waals surface area contributed by atoms with Gasteiger partial charge in [0.15, 0.2) is 0 Å². The van der Waals surface area contributed by atoms with E-state index in [1.54, 1.807) is 6.33 Å². The second kappa shape index (κ2) is 4.71. The molecule has 0 saturated heterocycles. The summed E-state index contributed by atoms with van der Waals surface area (Å²) in [5.74, 6) is 0.546. The van der Waals surface area contributed by atoms with Gasteiger partial charge < -0.3 is 4.74 Å². The third-order valence-corrected chi connectivity index (χ3v) is 2.99. The third kappa shape index (κ3) is 2.17. The molecule has 0 saturated carbocycles. The largest absolute Gasteiger partial charge is 0.375 e. The zero-order valence-electron chi connectivity index (χ0n) is 9.49. The molecule has 0 fully saturated rings. The molecule has 2 heterocycles. The molecule has 3 nitrogen and oxygen atoms in total. The molecular weight excluding hydrogens is 188 g/mol. The lowest BCUT2D eigenvalue weighted by molar-refractivity contribution is 0.106. The first-order valence-corrected chi connectivity index (χ1v) is 5.73. The first-order chi connectivity index (χ1) is 7.33. The zero-order chi connectivity index (χ0) is 10.7. The summed E-state index contributed by atoms with van der Waals surface area (Å²) in [6, 6.07) is 0. The van der Waals surface area contributed by atoms with Crippen LogP contribution in [0.25, 0.3) is 0 Å². The summed E-state index contributed by atoms with van der Waals surface area (Å²) >= 11 is 0. The number of hydrogen-bond acceptors (Lipinski definition) is 3. The fourth-order valence-electron chi connectivity index (χ4n) is 2.20. The number of ether oxygens (including phenoxy) is 1. The van der Waals surface area contributed by atoms with Crippen LogP contribution >= 0.6 is 0 Å². The maximum absolute atomic E-state index is 5.40. The van der Waals surface area contributed by atoms with Gasteiger partial charge in [0.05, 0.1) is 24.6 Å². The van der Waals surface area contributed by atoms with Gasteiger partial charge in [0, 0.05) is 5.56 Å². The van der Waals surface area contributed by atoms with Gasteiger partial charge in [-0.05, 0) is 18.8 Å². The lowest BCUT2D eigenvalue weighted by Gasteiger charge is -2.20. The molecule has 0 amide bonds. The number of hydrogen-bond donors (Lipinski definition) is 0. The Labute approximate surface area is 90.9 Å². The van der Waals surface area contributed by atoms with E-state index >= 15 is 0 Å². The van der Waals surface area contributed by atoms with Gasteiger partial charge >= 0.3 is 0 Å². The van der Waals surface area contributed by atoms with Crippen LogP contribution in [0.15, 0.2) is 6.33 Å². The predicted octanol–water partition coefficient (Wildman–Crippen LogP) is 2.45. The van der Waals surface area contributed by atoms with E-state index in [1.165, 1.54) is 24.1 Å². The van der Waals surface area contributed by atoms with Crippen LogP contribution in [-0.4, -0.2) is 16.6 Å². The minimum atomic E-state index is 0.546. The van der Waals surface area contributed by atoms with Crippen LogP contribution in [0.4, 0.5) is 0 Å². The van der Waals surface area contributed by atoms with Crippen molar-refractivity contribution in [3.63, 3.8) is 0 Å². The maximum Gasteiger partial charge on any atom is 0.116 e. The summed E-state index contributed by atoms with van der Waals surface area (Å²) in [6.07, 6.45) is 5.05. The summed E-state index contributed by atoms with van der Waals surface area (Å²) in [5.41, 5.74) is 3.67. The van der Waals surface area contributed by atoms with Gasteiger partial charge in [-0.1, -0.05) is 20.3 Å². The van der Waals surface area contributed by atoms with Crippen molar-refractivity contribution in [1.29, 1.82) is 0 Å². The molecule has 1 aliphatic rings. The topological polar surface area (TPSA) is 35.0 Å². The molecule has 0 bridgehead atoms. The number of aromatic nitrogens is 2. The van der Waals surface area contributed by atoms with Crippen molar-refractivity contribution in [3.05, 3.63) is 23.3 Å². The van der Waals surface area contributed by atoms with E-state index < -0.39 is 0 Å². The first kappa shape index (κ1) is 10.6. The van der Waals surface area contributed by atoms with E-state index in [2.05, 4.69) is 23.8 Å². The molecule has 1 aromatic rings. The quantitative estimate of drug-likeness (QED) is 0.762. The van der Waals surface area contributed by atoms with Crippen molar-refractivity contribution in [3.8, 4) is 0 Å². The first-order valence-electron chi connectivity index (χ1n) is 5.73. The van der Waals surface area contributed by atoms with Gasteiger partial charge in [-0.25, -0.2) is 9.97 Å². The van der Waals surface area contributed by atoms with Crippen LogP contribution in [0.1, 0.15) is 49.6 Å². The third-order valence-electron chi connectivity index (χ3n) is 2.99. The Balaban J connectivity index is 2.30. The lowest BCUT2D eigenvalue weighted by Crippen LogP contribution is -2.16. The highest BCUT2D eigenvalue weighted by Gasteiger charge is 2.18. The second-order valence-electron chi connectivity index (χ2n) is 4.18. The van der Waals surface area contributed by atoms with Crippen molar-refractivity contribution in [1.82, 2.24) is 9.97 Å². The summed E-state index contributed by atoms with van der Waals surface area (Å²) in [4.78, 5) is 8.73. The monoisotopic (exact) mass is 206 g/mol. The summed E-state index contributed by atoms with van der Waals surface area (Å²) in [5, 5.41) is 0. The Morgan fingerprint density at radius 1 is 1.47 bits per heavy atom. The van der Waals surface area contributed by atoms with E-state index in [-0.39, 0.29) is 0 Å². The Kier molecular flexibility index (Phi) is 3.31. The molecule has 0 radical (unpaired) electrons. The molecule has 3 heteroatoms. The van der Waals surface area contributed by atoms with Crippen LogP contribution in [0.5, 0.6) is 0 Å². The zero-order valence-corrected chi connectivity index (χ0v) is 9.49. The van der Waals surface area contributed by atoms with Gasteiger partial charge in [-0.3, -0.25) is 0 Å². The Morgan fingerprint density at radius 3 is 3.13 bits per heavy atom. The highest BCUT2D eigenvalue weighted by Crippen LogP contribution is 2.26. The standard InChI is InChI=1S/C12H18N2O/c1-3-4-9(2)12-10-5-6-15-7-11(10)13-8-14-12/h8-9H,3-7H2,1-2H3. The second-order valence-corrected chi connectivity index (χ2v) is 4.18. The van der Waals surface area contributed by atoms with Crippen molar-refractivity contribution in [2.24, 2.45) is 0 Å². The van der Waals surface area contributed by atoms with E-state index in [1.807, 2.05) is 0 Å². The average molecular weight is 206 g/mol. The molecule has 1 aliphatic heterocycles. The van der Waals surface area contributed by atoms with Crippen molar-refractivity contribution in [2.75, 3.05) is 6.61 Å². The van der Waals surface area contributed by atoms with Crippen LogP contribution in [-0.2, 0) is 17.8 Å². The van der Waals surface area contributed by atoms with Gasteiger partial charge in [0.1, 0.15) is 6.33 Å². The Morgan fingerprint density at radius 2 is 2.33 bits per heavy atom. The SMILES string of the molecule is CCCC(C)c1ncnc2c1CCOC2. The number of fused-ring (bicyclic) bond motifs is 1. The molecule has 0 aliphatic carbocycles. The van der Waals surface area contributed by atoms with Crippen LogP contribution in [0.2, 0.25) is 0 Å². The van der Waals surface area contributed by atoms with Crippen LogP contribution in [0.3, 0.4) is 0 Å². The molecule has 82 valence electrons. The molecule has 0 N–H and O–H groups in total. The van der Waals surface area contributed by atoms with E-state index in [4.69, 9.17) is 4.74 Å². The minimum absolute atomic E-state index is 0.546. The predicted molar refractivity (Wildman–Crippen MR) is 58.7 cm³/mol. The smallest absolute Gasteiger partial charge is 0.116 e. The molecule has 15 heavy (non-hydrogen) atoms. The average Bonchev–Trinajstić information content (AvgIpc) is 2.28. The van der Waals surface area contributed by atoms with Crippen molar-refractivity contribution < 1.29 is 4.74 Å². The van der Waals surface area contributed by atoms with E-state index in [0.29, 0.717) is 12.5 Å². The van der Waals surface area contributed by atoms with E-state index in [0.717, 1.165) is 18.7 Å². The Bertz CT molecular complexity index is 338. The van der Waals surface area contributed by atoms with Crippen LogP contribution < -0.4 is 0 Å². The van der Waals surface area contributed by atoms with Crippen molar-refractivity contribution >= 4 is 0 Å². The molecule has 2 rings (SSSR count). The van der Waals surface area contributed by atoms with Gasteiger partial charge in [0.25, 0.3) is 0 Å². The summed E-state index contributed by atoms with van der Waals surface area (Å²) in [6.45, 7) is 5.94. The van der Waals surface area contributed by atoms with E-state index in [9.17, 15) is 0 Å². The van der Waals surface area contributed by atoms with Gasteiger partial charge in [-0.2, -0.15) is 0 Å². The molecule has 1 atom stereocenters. The van der Waals surface area contributed by atoms with Crippen LogP contribution in [0, 0.1) is 0 Å². The lowest BCUT2D eigenvalue weighted by atomic mass is 9.94. The highest BCUT2D eigenvalue weighted by molar-refractivity contribution is 5.28. The maximum atomic E-state index is 5.40. The van der Waals surface area contributed by atoms with Crippen molar-refractivity contribution in [2.45, 2.75) is 45.6 Å². The van der Waals surface area contributed by atoms with Gasteiger partial charge in [0.2, 0.25) is 0 Å². The fraction of sp³-hybridized carbons (Fsp3) is 0.667. The summed E-state index contributed by atoms with van der Waals surface area (Å²) in [7, 11) is 0. The normalized spacial score (nSPS) is 17.2.